The summed E-state index contributed by atoms with van der Waals surface area (Å²) in [5.41, 5.74) is 1.43. The minimum Gasteiger partial charge on any atom is -0.454 e. The number of ether oxygens (including phenoxy) is 1. The van der Waals surface area contributed by atoms with Crippen molar-refractivity contribution in [2.24, 2.45) is 5.92 Å². The standard InChI is InChI=1S/C19H21N5O3/c1-26-7-6-24-12-13(8-18(24)25)10-20-19-22-15(11-21-23-19)17-9-14-4-2-3-5-16(14)27-17/h2-5,9,11,13H,6-8,10,12H2,1H3,(H,20,22,23). The van der Waals surface area contributed by atoms with Crippen LogP contribution in [0.3, 0.4) is 0 Å². The minimum absolute atomic E-state index is 0.161. The summed E-state index contributed by atoms with van der Waals surface area (Å²) in [5, 5.41) is 12.3. The van der Waals surface area contributed by atoms with Crippen molar-refractivity contribution in [3.8, 4) is 11.5 Å². The first-order chi connectivity index (χ1) is 13.2. The van der Waals surface area contributed by atoms with Crippen molar-refractivity contribution >= 4 is 22.8 Å². The Bertz CT molecular complexity index is 909. The third kappa shape index (κ3) is 3.90. The zero-order chi connectivity index (χ0) is 18.6. The lowest BCUT2D eigenvalue weighted by atomic mass is 10.1. The molecule has 3 aromatic rings. The summed E-state index contributed by atoms with van der Waals surface area (Å²) >= 11 is 0. The third-order valence-corrected chi connectivity index (χ3v) is 4.65. The molecule has 8 nitrogen and oxygen atoms in total. The highest BCUT2D eigenvalue weighted by Crippen LogP contribution is 2.26. The second kappa shape index (κ2) is 7.71. The van der Waals surface area contributed by atoms with E-state index >= 15 is 0 Å². The highest BCUT2D eigenvalue weighted by molar-refractivity contribution is 5.82. The number of hydrogen-bond acceptors (Lipinski definition) is 7. The van der Waals surface area contributed by atoms with Crippen molar-refractivity contribution in [1.82, 2.24) is 20.1 Å². The number of methoxy groups -OCH3 is 1. The molecule has 2 aromatic heterocycles. The highest BCUT2D eigenvalue weighted by atomic mass is 16.5. The monoisotopic (exact) mass is 367 g/mol. The number of carbonyl (C=O) groups excluding carboxylic acids is 1. The molecule has 1 aliphatic heterocycles. The fraction of sp³-hybridized carbons (Fsp3) is 0.368. The molecule has 1 saturated heterocycles. The van der Waals surface area contributed by atoms with Gasteiger partial charge in [0.25, 0.3) is 0 Å². The number of rotatable bonds is 7. The average Bonchev–Trinajstić information content (AvgIpc) is 3.28. The van der Waals surface area contributed by atoms with E-state index in [0.717, 1.165) is 11.0 Å². The summed E-state index contributed by atoms with van der Waals surface area (Å²) in [5.74, 6) is 1.45. The largest absolute Gasteiger partial charge is 0.454 e. The molecule has 1 atom stereocenters. The van der Waals surface area contributed by atoms with Crippen LogP contribution in [0.15, 0.2) is 40.9 Å². The quantitative estimate of drug-likeness (QED) is 0.684. The molecule has 4 rings (SSSR count). The van der Waals surface area contributed by atoms with Gasteiger partial charge in [-0.25, -0.2) is 4.98 Å². The molecular weight excluding hydrogens is 346 g/mol. The molecule has 0 saturated carbocycles. The van der Waals surface area contributed by atoms with Crippen LogP contribution in [0.1, 0.15) is 6.42 Å². The van der Waals surface area contributed by atoms with Gasteiger partial charge in [-0.2, -0.15) is 5.10 Å². The Labute approximate surface area is 156 Å². The lowest BCUT2D eigenvalue weighted by molar-refractivity contribution is -0.128. The van der Waals surface area contributed by atoms with Crippen LogP contribution in [0.5, 0.6) is 0 Å². The first-order valence-electron chi connectivity index (χ1n) is 8.92. The molecule has 1 amide bonds. The molecule has 140 valence electrons. The molecule has 0 bridgehead atoms. The maximum atomic E-state index is 12.0. The van der Waals surface area contributed by atoms with E-state index in [9.17, 15) is 4.79 Å². The second-order valence-electron chi connectivity index (χ2n) is 6.60. The van der Waals surface area contributed by atoms with Crippen molar-refractivity contribution in [2.75, 3.05) is 38.7 Å². The van der Waals surface area contributed by atoms with Gasteiger partial charge in [-0.1, -0.05) is 18.2 Å². The van der Waals surface area contributed by atoms with Crippen LogP contribution in [0.4, 0.5) is 5.95 Å². The maximum absolute atomic E-state index is 12.0. The molecule has 8 heteroatoms. The summed E-state index contributed by atoms with van der Waals surface area (Å²) in [6.45, 7) is 2.51. The molecular formula is C19H21N5O3. The van der Waals surface area contributed by atoms with E-state index in [-0.39, 0.29) is 11.8 Å². The van der Waals surface area contributed by atoms with Crippen LogP contribution < -0.4 is 5.32 Å². The van der Waals surface area contributed by atoms with Crippen molar-refractivity contribution < 1.29 is 13.9 Å². The number of benzene rings is 1. The van der Waals surface area contributed by atoms with E-state index < -0.39 is 0 Å². The van der Waals surface area contributed by atoms with Gasteiger partial charge in [0.05, 0.1) is 12.8 Å². The van der Waals surface area contributed by atoms with Gasteiger partial charge in [0.2, 0.25) is 11.9 Å². The van der Waals surface area contributed by atoms with Gasteiger partial charge in [-0.05, 0) is 12.1 Å². The van der Waals surface area contributed by atoms with Crippen molar-refractivity contribution in [1.29, 1.82) is 0 Å². The Hall–Kier alpha value is -3.00. The Kier molecular flexibility index (Phi) is 4.97. The van der Waals surface area contributed by atoms with Crippen molar-refractivity contribution in [3.63, 3.8) is 0 Å². The summed E-state index contributed by atoms with van der Waals surface area (Å²) in [6, 6.07) is 9.74. The Morgan fingerprint density at radius 1 is 1.37 bits per heavy atom. The maximum Gasteiger partial charge on any atom is 0.243 e. The lowest BCUT2D eigenvalue weighted by Crippen LogP contribution is -2.29. The number of amides is 1. The van der Waals surface area contributed by atoms with Gasteiger partial charge >= 0.3 is 0 Å². The van der Waals surface area contributed by atoms with Gasteiger partial charge in [-0.3, -0.25) is 4.79 Å². The van der Waals surface area contributed by atoms with E-state index in [1.54, 1.807) is 13.3 Å². The predicted octanol–water partition coefficient (Wildman–Crippen LogP) is 2.19. The number of nitrogens with zero attached hydrogens (tertiary/aromatic N) is 4. The third-order valence-electron chi connectivity index (χ3n) is 4.65. The van der Waals surface area contributed by atoms with Crippen molar-refractivity contribution in [3.05, 3.63) is 36.5 Å². The Morgan fingerprint density at radius 2 is 2.26 bits per heavy atom. The summed E-state index contributed by atoms with van der Waals surface area (Å²) in [4.78, 5) is 18.3. The summed E-state index contributed by atoms with van der Waals surface area (Å²) in [7, 11) is 1.64. The summed E-state index contributed by atoms with van der Waals surface area (Å²) < 4.78 is 10.9. The molecule has 27 heavy (non-hydrogen) atoms. The van der Waals surface area contributed by atoms with Crippen LogP contribution in [-0.4, -0.2) is 59.3 Å². The Balaban J connectivity index is 1.40. The van der Waals surface area contributed by atoms with Crippen LogP contribution in [0.25, 0.3) is 22.4 Å². The van der Waals surface area contributed by atoms with Crippen LogP contribution in [0.2, 0.25) is 0 Å². The molecule has 1 fully saturated rings. The number of hydrogen-bond donors (Lipinski definition) is 1. The van der Waals surface area contributed by atoms with Gasteiger partial charge in [0.1, 0.15) is 11.3 Å². The number of nitrogens with one attached hydrogen (secondary N) is 1. The number of likely N-dealkylation sites (tertiary alicyclic amines) is 1. The smallest absolute Gasteiger partial charge is 0.243 e. The first kappa shape index (κ1) is 17.4. The van der Waals surface area contributed by atoms with E-state index in [1.165, 1.54) is 0 Å². The van der Waals surface area contributed by atoms with Gasteiger partial charge < -0.3 is 19.4 Å². The molecule has 3 heterocycles. The number of furan rings is 1. The molecule has 1 unspecified atom stereocenters. The van der Waals surface area contributed by atoms with E-state index in [0.29, 0.717) is 50.1 Å². The van der Waals surface area contributed by atoms with Gasteiger partial charge in [0.15, 0.2) is 5.76 Å². The summed E-state index contributed by atoms with van der Waals surface area (Å²) in [6.07, 6.45) is 2.10. The SMILES string of the molecule is COCCN1CC(CNc2nncc(-c3cc4ccccc4o3)n2)CC1=O. The second-order valence-corrected chi connectivity index (χ2v) is 6.60. The average molecular weight is 367 g/mol. The molecule has 1 N–H and O–H groups in total. The first-order valence-corrected chi connectivity index (χ1v) is 8.92. The lowest BCUT2D eigenvalue weighted by Gasteiger charge is -2.16. The molecule has 1 aromatic carbocycles. The zero-order valence-corrected chi connectivity index (χ0v) is 15.1. The van der Waals surface area contributed by atoms with E-state index in [2.05, 4.69) is 20.5 Å². The highest BCUT2D eigenvalue weighted by Gasteiger charge is 2.29. The minimum atomic E-state index is 0.161. The number of para-hydroxylation sites is 1. The van der Waals surface area contributed by atoms with Crippen molar-refractivity contribution in [2.45, 2.75) is 6.42 Å². The zero-order valence-electron chi connectivity index (χ0n) is 15.1. The normalized spacial score (nSPS) is 17.0. The Morgan fingerprint density at radius 3 is 3.11 bits per heavy atom. The fourth-order valence-corrected chi connectivity index (χ4v) is 3.25. The molecule has 1 aliphatic rings. The number of fused-ring (bicyclic) bond motifs is 1. The topological polar surface area (TPSA) is 93.4 Å². The van der Waals surface area contributed by atoms with Crippen LogP contribution >= 0.6 is 0 Å². The van der Waals surface area contributed by atoms with Gasteiger partial charge in [0, 0.05) is 44.5 Å². The molecule has 0 aliphatic carbocycles. The number of anilines is 1. The number of carbonyl (C=O) groups is 1. The van der Waals surface area contributed by atoms with E-state index in [1.807, 2.05) is 35.2 Å². The van der Waals surface area contributed by atoms with E-state index in [4.69, 9.17) is 9.15 Å². The van der Waals surface area contributed by atoms with Crippen LogP contribution in [-0.2, 0) is 9.53 Å². The fourth-order valence-electron chi connectivity index (χ4n) is 3.25. The number of aromatic nitrogens is 3. The van der Waals surface area contributed by atoms with Gasteiger partial charge in [-0.15, -0.1) is 5.10 Å². The molecule has 0 radical (unpaired) electrons. The molecule has 0 spiro atoms. The predicted molar refractivity (Wildman–Crippen MR) is 100 cm³/mol. The van der Waals surface area contributed by atoms with Crippen LogP contribution in [0, 0.1) is 5.92 Å².